The van der Waals surface area contributed by atoms with Crippen LogP contribution in [0, 0.1) is 12.0 Å². The largest absolute Gasteiger partial charge is 0.370 e. The Hall–Kier alpha value is -0.770. The van der Waals surface area contributed by atoms with Crippen molar-refractivity contribution in [2.45, 2.75) is 19.3 Å². The summed E-state index contributed by atoms with van der Waals surface area (Å²) in [6.07, 6.45) is 2.99. The Balaban J connectivity index is 2.84. The predicted molar refractivity (Wildman–Crippen MR) is 42.3 cm³/mol. The summed E-state index contributed by atoms with van der Waals surface area (Å²) in [6.45, 7) is 2.51. The molecule has 0 aromatic carbocycles. The standard InChI is InChI=1S/C6H15N4/c7-4-2-1-3-5-10-6(8)9/h5H,1-4,7H2,(H4,8,9,10). The van der Waals surface area contributed by atoms with Crippen LogP contribution in [0.3, 0.4) is 0 Å². The van der Waals surface area contributed by atoms with Crippen molar-refractivity contribution in [2.24, 2.45) is 11.5 Å². The van der Waals surface area contributed by atoms with Crippen molar-refractivity contribution in [2.75, 3.05) is 6.54 Å². The minimum absolute atomic E-state index is 0.00671. The summed E-state index contributed by atoms with van der Waals surface area (Å²) in [5, 5.41) is 9.39. The third-order valence-corrected chi connectivity index (χ3v) is 1.06. The molecule has 0 heterocycles. The molecule has 1 radical (unpaired) electrons. The lowest BCUT2D eigenvalue weighted by Crippen LogP contribution is -2.27. The first-order valence-electron chi connectivity index (χ1n) is 3.39. The fourth-order valence-electron chi connectivity index (χ4n) is 0.573. The Morgan fingerprint density at radius 2 is 2.20 bits per heavy atom. The van der Waals surface area contributed by atoms with Gasteiger partial charge < -0.3 is 16.8 Å². The molecule has 10 heavy (non-hydrogen) atoms. The number of hydrogen-bond acceptors (Lipinski definition) is 2. The smallest absolute Gasteiger partial charge is 0.185 e. The van der Waals surface area contributed by atoms with Gasteiger partial charge in [-0.3, -0.25) is 5.41 Å². The molecule has 0 aliphatic carbocycles. The number of unbranched alkanes of at least 4 members (excludes halogenated alkanes) is 2. The van der Waals surface area contributed by atoms with E-state index in [-0.39, 0.29) is 5.96 Å². The lowest BCUT2D eigenvalue weighted by Gasteiger charge is -2.00. The molecule has 0 spiro atoms. The summed E-state index contributed by atoms with van der Waals surface area (Å²) < 4.78 is 0. The van der Waals surface area contributed by atoms with Gasteiger partial charge in [0.25, 0.3) is 0 Å². The Morgan fingerprint density at radius 3 is 2.70 bits per heavy atom. The van der Waals surface area contributed by atoms with Gasteiger partial charge in [-0.1, -0.05) is 6.42 Å². The van der Waals surface area contributed by atoms with Crippen LogP contribution in [0.1, 0.15) is 19.3 Å². The average molecular weight is 143 g/mol. The quantitative estimate of drug-likeness (QED) is 0.243. The van der Waals surface area contributed by atoms with E-state index >= 15 is 0 Å². The van der Waals surface area contributed by atoms with Gasteiger partial charge in [0.1, 0.15) is 0 Å². The van der Waals surface area contributed by atoms with Crippen LogP contribution in [0.4, 0.5) is 0 Å². The summed E-state index contributed by atoms with van der Waals surface area (Å²) in [4.78, 5) is 0. The molecule has 0 aliphatic rings. The molecule has 4 nitrogen and oxygen atoms in total. The molecule has 0 amide bonds. The second kappa shape index (κ2) is 6.35. The van der Waals surface area contributed by atoms with Crippen molar-refractivity contribution in [3.63, 3.8) is 0 Å². The van der Waals surface area contributed by atoms with E-state index in [1.807, 2.05) is 0 Å². The van der Waals surface area contributed by atoms with Gasteiger partial charge in [0.05, 0.1) is 0 Å². The summed E-state index contributed by atoms with van der Waals surface area (Å²) in [7, 11) is 0. The first-order valence-corrected chi connectivity index (χ1v) is 3.39. The van der Waals surface area contributed by atoms with Gasteiger partial charge in [-0.25, -0.2) is 0 Å². The Bertz CT molecular complexity index is 91.7. The third kappa shape index (κ3) is 7.23. The SMILES string of the molecule is N=C(N)N[CH]CCCCN. The number of guanidine groups is 1. The van der Waals surface area contributed by atoms with Crippen LogP contribution >= 0.6 is 0 Å². The van der Waals surface area contributed by atoms with Gasteiger partial charge in [0.15, 0.2) is 5.96 Å². The minimum atomic E-state index is -0.00671. The van der Waals surface area contributed by atoms with E-state index in [1.54, 1.807) is 6.54 Å². The molecule has 0 aromatic rings. The normalized spacial score (nSPS) is 9.30. The molecule has 4 heteroatoms. The topological polar surface area (TPSA) is 87.9 Å². The highest BCUT2D eigenvalue weighted by atomic mass is 15.0. The monoisotopic (exact) mass is 143 g/mol. The van der Waals surface area contributed by atoms with E-state index in [0.29, 0.717) is 0 Å². The fourth-order valence-corrected chi connectivity index (χ4v) is 0.573. The summed E-state index contributed by atoms with van der Waals surface area (Å²) in [5.41, 5.74) is 10.3. The molecule has 0 fully saturated rings. The molecule has 0 rings (SSSR count). The average Bonchev–Trinajstić information content (AvgIpc) is 1.87. The van der Waals surface area contributed by atoms with Crippen LogP contribution in [-0.2, 0) is 0 Å². The molecule has 0 bridgehead atoms. The molecule has 0 atom stereocenters. The Labute approximate surface area is 61.5 Å². The van der Waals surface area contributed by atoms with Crippen LogP contribution in [0.2, 0.25) is 0 Å². The van der Waals surface area contributed by atoms with Gasteiger partial charge in [0.2, 0.25) is 0 Å². The van der Waals surface area contributed by atoms with Gasteiger partial charge in [-0.15, -0.1) is 0 Å². The van der Waals surface area contributed by atoms with E-state index in [2.05, 4.69) is 5.32 Å². The molecule has 0 unspecified atom stereocenters. The molecule has 59 valence electrons. The Morgan fingerprint density at radius 1 is 1.50 bits per heavy atom. The highest BCUT2D eigenvalue weighted by molar-refractivity contribution is 5.74. The number of hydrogen-bond donors (Lipinski definition) is 4. The molecular weight excluding hydrogens is 128 g/mol. The first kappa shape index (κ1) is 9.23. The molecule has 0 aliphatic heterocycles. The maximum atomic E-state index is 6.79. The molecule has 0 aromatic heterocycles. The summed E-state index contributed by atoms with van der Waals surface area (Å²) in [6, 6.07) is 0. The van der Waals surface area contributed by atoms with E-state index in [1.165, 1.54) is 0 Å². The lowest BCUT2D eigenvalue weighted by molar-refractivity contribution is 0.718. The van der Waals surface area contributed by atoms with Gasteiger partial charge in [-0.2, -0.15) is 0 Å². The number of nitrogens with one attached hydrogen (secondary N) is 2. The second-order valence-electron chi connectivity index (χ2n) is 2.05. The zero-order valence-corrected chi connectivity index (χ0v) is 6.06. The Kier molecular flexibility index (Phi) is 5.86. The summed E-state index contributed by atoms with van der Waals surface area (Å²) in [5.74, 6) is -0.00671. The van der Waals surface area contributed by atoms with Crippen LogP contribution < -0.4 is 16.8 Å². The van der Waals surface area contributed by atoms with Crippen molar-refractivity contribution in [1.82, 2.24) is 5.32 Å². The maximum absolute atomic E-state index is 6.79. The van der Waals surface area contributed by atoms with E-state index < -0.39 is 0 Å². The second-order valence-corrected chi connectivity index (χ2v) is 2.05. The molecule has 0 saturated heterocycles. The van der Waals surface area contributed by atoms with E-state index in [0.717, 1.165) is 25.8 Å². The van der Waals surface area contributed by atoms with Crippen molar-refractivity contribution in [3.05, 3.63) is 6.54 Å². The third-order valence-electron chi connectivity index (χ3n) is 1.06. The fraction of sp³-hybridized carbons (Fsp3) is 0.667. The van der Waals surface area contributed by atoms with Gasteiger partial charge in [0, 0.05) is 6.54 Å². The minimum Gasteiger partial charge on any atom is -0.370 e. The highest BCUT2D eigenvalue weighted by Gasteiger charge is 1.88. The molecular formula is C6H15N4. The van der Waals surface area contributed by atoms with Gasteiger partial charge in [-0.05, 0) is 19.4 Å². The zero-order chi connectivity index (χ0) is 7.82. The predicted octanol–water partition coefficient (Wildman–Crippen LogP) is -0.240. The van der Waals surface area contributed by atoms with Crippen LogP contribution in [-0.4, -0.2) is 12.5 Å². The molecule has 6 N–H and O–H groups in total. The zero-order valence-electron chi connectivity index (χ0n) is 6.06. The van der Waals surface area contributed by atoms with Crippen molar-refractivity contribution in [1.29, 1.82) is 5.41 Å². The maximum Gasteiger partial charge on any atom is 0.185 e. The summed E-state index contributed by atoms with van der Waals surface area (Å²) >= 11 is 0. The van der Waals surface area contributed by atoms with Crippen molar-refractivity contribution < 1.29 is 0 Å². The van der Waals surface area contributed by atoms with Crippen LogP contribution in [0.5, 0.6) is 0 Å². The number of nitrogens with two attached hydrogens (primary N) is 2. The van der Waals surface area contributed by atoms with E-state index in [4.69, 9.17) is 16.9 Å². The van der Waals surface area contributed by atoms with Crippen LogP contribution in [0.25, 0.3) is 0 Å². The first-order chi connectivity index (χ1) is 4.77. The van der Waals surface area contributed by atoms with Gasteiger partial charge >= 0.3 is 0 Å². The molecule has 0 saturated carbocycles. The van der Waals surface area contributed by atoms with Crippen molar-refractivity contribution in [3.8, 4) is 0 Å². The van der Waals surface area contributed by atoms with Crippen molar-refractivity contribution >= 4 is 5.96 Å². The van der Waals surface area contributed by atoms with Crippen LogP contribution in [0.15, 0.2) is 0 Å². The number of rotatable bonds is 5. The highest BCUT2D eigenvalue weighted by Crippen LogP contribution is 1.93. The lowest BCUT2D eigenvalue weighted by atomic mass is 10.2. The van der Waals surface area contributed by atoms with E-state index in [9.17, 15) is 0 Å².